The second kappa shape index (κ2) is 8.52. The van der Waals surface area contributed by atoms with Crippen LogP contribution in [0.15, 0.2) is 42.5 Å². The van der Waals surface area contributed by atoms with Crippen LogP contribution < -0.4 is 10.1 Å². The van der Waals surface area contributed by atoms with E-state index in [4.69, 9.17) is 5.11 Å². The van der Waals surface area contributed by atoms with Gasteiger partial charge < -0.3 is 20.3 Å². The minimum Gasteiger partial charge on any atom is -0.477 e. The first-order valence-electron chi connectivity index (χ1n) is 7.66. The highest BCUT2D eigenvalue weighted by atomic mass is 19.4. The smallest absolute Gasteiger partial charge is 0.477 e. The molecule has 9 heteroatoms. The summed E-state index contributed by atoms with van der Waals surface area (Å²) in [6.07, 6.45) is -4.33. The third kappa shape index (κ3) is 6.25. The van der Waals surface area contributed by atoms with E-state index in [1.54, 1.807) is 12.1 Å². The van der Waals surface area contributed by atoms with Gasteiger partial charge in [-0.15, -0.1) is 13.2 Å². The van der Waals surface area contributed by atoms with E-state index in [9.17, 15) is 23.1 Å². The maximum absolute atomic E-state index is 12.1. The number of aromatic carboxylic acids is 1. The number of carboxylic acids is 1. The van der Waals surface area contributed by atoms with Crippen molar-refractivity contribution in [2.24, 2.45) is 5.92 Å². The number of carboxylic acid groups (broad SMARTS) is 1. The van der Waals surface area contributed by atoms with E-state index in [2.05, 4.69) is 15.0 Å². The summed E-state index contributed by atoms with van der Waals surface area (Å²) in [4.78, 5) is 14.8. The number of aromatic nitrogens is 1. The number of nitrogens with one attached hydrogen (secondary N) is 1. The molecule has 0 spiro atoms. The first-order chi connectivity index (χ1) is 12.3. The molecule has 0 saturated heterocycles. The van der Waals surface area contributed by atoms with E-state index in [-0.39, 0.29) is 24.0 Å². The molecule has 140 valence electrons. The molecule has 0 amide bonds. The summed E-state index contributed by atoms with van der Waals surface area (Å²) < 4.78 is 40.2. The second-order valence-electron chi connectivity index (χ2n) is 5.54. The average Bonchev–Trinajstić information content (AvgIpc) is 2.59. The number of rotatable bonds is 8. The summed E-state index contributed by atoms with van der Waals surface area (Å²) in [5, 5.41) is 21.3. The summed E-state index contributed by atoms with van der Waals surface area (Å²) in [7, 11) is 0. The molecule has 6 nitrogen and oxygen atoms in total. The largest absolute Gasteiger partial charge is 0.573 e. The lowest BCUT2D eigenvalue weighted by atomic mass is 10.00. The van der Waals surface area contributed by atoms with Gasteiger partial charge in [-0.2, -0.15) is 0 Å². The van der Waals surface area contributed by atoms with Crippen molar-refractivity contribution in [3.63, 3.8) is 0 Å². The molecule has 1 aromatic heterocycles. The summed E-state index contributed by atoms with van der Waals surface area (Å²) in [6, 6.07) is 9.92. The third-order valence-electron chi connectivity index (χ3n) is 3.48. The van der Waals surface area contributed by atoms with E-state index in [1.165, 1.54) is 30.3 Å². The van der Waals surface area contributed by atoms with Crippen molar-refractivity contribution in [2.75, 3.05) is 18.5 Å². The number of nitrogens with zero attached hydrogens (tertiary/aromatic N) is 1. The SMILES string of the molecule is O=C(O)c1cccc(NCC(CO)Cc2ccc(OC(F)(F)F)cc2)n1. The summed E-state index contributed by atoms with van der Waals surface area (Å²) in [5.41, 5.74) is 0.628. The molecular formula is C17H17F3N2O4. The van der Waals surface area contributed by atoms with Crippen LogP contribution in [0, 0.1) is 5.92 Å². The van der Waals surface area contributed by atoms with E-state index >= 15 is 0 Å². The van der Waals surface area contributed by atoms with Crippen LogP contribution in [0.1, 0.15) is 16.1 Å². The lowest BCUT2D eigenvalue weighted by Gasteiger charge is -2.16. The van der Waals surface area contributed by atoms with Gasteiger partial charge >= 0.3 is 12.3 Å². The Bertz CT molecular complexity index is 736. The van der Waals surface area contributed by atoms with Crippen molar-refractivity contribution in [3.05, 3.63) is 53.7 Å². The number of carbonyl (C=O) groups is 1. The highest BCUT2D eigenvalue weighted by Crippen LogP contribution is 2.23. The number of hydrogen-bond donors (Lipinski definition) is 3. The monoisotopic (exact) mass is 370 g/mol. The minimum atomic E-state index is -4.74. The van der Waals surface area contributed by atoms with Gasteiger partial charge in [0.15, 0.2) is 5.69 Å². The Hall–Kier alpha value is -2.81. The van der Waals surface area contributed by atoms with Crippen molar-refractivity contribution < 1.29 is 32.9 Å². The van der Waals surface area contributed by atoms with Gasteiger partial charge in [-0.1, -0.05) is 18.2 Å². The predicted molar refractivity (Wildman–Crippen MR) is 87.1 cm³/mol. The highest BCUT2D eigenvalue weighted by molar-refractivity contribution is 5.85. The molecule has 1 aromatic carbocycles. The standard InChI is InChI=1S/C17H17F3N2O4/c18-17(19,20)26-13-6-4-11(5-7-13)8-12(10-23)9-21-15-3-1-2-14(22-15)16(24)25/h1-7,12,23H,8-10H2,(H,21,22)(H,24,25). The van der Waals surface area contributed by atoms with Crippen molar-refractivity contribution in [1.29, 1.82) is 0 Å². The van der Waals surface area contributed by atoms with Crippen LogP contribution in [-0.2, 0) is 6.42 Å². The summed E-state index contributed by atoms with van der Waals surface area (Å²) >= 11 is 0. The van der Waals surface area contributed by atoms with Gasteiger partial charge in [-0.3, -0.25) is 0 Å². The van der Waals surface area contributed by atoms with E-state index in [1.807, 2.05) is 0 Å². The van der Waals surface area contributed by atoms with Gasteiger partial charge in [0.05, 0.1) is 0 Å². The molecule has 2 rings (SSSR count). The third-order valence-corrected chi connectivity index (χ3v) is 3.48. The minimum absolute atomic E-state index is 0.101. The molecule has 0 saturated carbocycles. The Labute approximate surface area is 147 Å². The number of aliphatic hydroxyl groups is 1. The summed E-state index contributed by atoms with van der Waals surface area (Å²) in [6.45, 7) is 0.153. The normalized spacial score (nSPS) is 12.5. The fraction of sp³-hybridized carbons (Fsp3) is 0.294. The zero-order valence-corrected chi connectivity index (χ0v) is 13.5. The zero-order valence-electron chi connectivity index (χ0n) is 13.5. The molecule has 0 aliphatic carbocycles. The van der Waals surface area contributed by atoms with Crippen LogP contribution in [0.25, 0.3) is 0 Å². The number of benzene rings is 1. The molecule has 1 unspecified atom stereocenters. The van der Waals surface area contributed by atoms with Crippen molar-refractivity contribution in [2.45, 2.75) is 12.8 Å². The molecule has 0 aliphatic heterocycles. The Kier molecular flexibility index (Phi) is 6.40. The van der Waals surface area contributed by atoms with Crippen LogP contribution in [0.3, 0.4) is 0 Å². The number of aliphatic hydroxyl groups excluding tert-OH is 1. The fourth-order valence-corrected chi connectivity index (χ4v) is 2.26. The lowest BCUT2D eigenvalue weighted by molar-refractivity contribution is -0.274. The Morgan fingerprint density at radius 3 is 2.46 bits per heavy atom. The molecule has 1 heterocycles. The van der Waals surface area contributed by atoms with E-state index in [0.717, 1.165) is 5.56 Å². The van der Waals surface area contributed by atoms with Crippen molar-refractivity contribution in [1.82, 2.24) is 4.98 Å². The van der Waals surface area contributed by atoms with Crippen LogP contribution in [0.4, 0.5) is 19.0 Å². The van der Waals surface area contributed by atoms with Crippen molar-refractivity contribution in [3.8, 4) is 5.75 Å². The summed E-state index contributed by atoms with van der Waals surface area (Å²) in [5.74, 6) is -1.33. The van der Waals surface area contributed by atoms with Gasteiger partial charge in [0, 0.05) is 19.1 Å². The topological polar surface area (TPSA) is 91.7 Å². The first-order valence-corrected chi connectivity index (χ1v) is 7.66. The number of pyridine rings is 1. The van der Waals surface area contributed by atoms with Gasteiger partial charge in [0.2, 0.25) is 0 Å². The van der Waals surface area contributed by atoms with Crippen molar-refractivity contribution >= 4 is 11.8 Å². The first kappa shape index (κ1) is 19.5. The van der Waals surface area contributed by atoms with Gasteiger partial charge in [-0.25, -0.2) is 9.78 Å². The molecule has 0 radical (unpaired) electrons. The molecule has 1 atom stereocenters. The van der Waals surface area contributed by atoms with Gasteiger partial charge in [-0.05, 0) is 36.2 Å². The maximum atomic E-state index is 12.1. The van der Waals surface area contributed by atoms with E-state index in [0.29, 0.717) is 18.8 Å². The Balaban J connectivity index is 1.93. The maximum Gasteiger partial charge on any atom is 0.573 e. The van der Waals surface area contributed by atoms with Gasteiger partial charge in [0.25, 0.3) is 0 Å². The molecule has 0 bridgehead atoms. The van der Waals surface area contributed by atoms with Gasteiger partial charge in [0.1, 0.15) is 11.6 Å². The highest BCUT2D eigenvalue weighted by Gasteiger charge is 2.30. The Morgan fingerprint density at radius 2 is 1.88 bits per heavy atom. The molecule has 0 aliphatic rings. The lowest BCUT2D eigenvalue weighted by Crippen LogP contribution is -2.21. The number of ether oxygens (including phenoxy) is 1. The fourth-order valence-electron chi connectivity index (χ4n) is 2.26. The van der Waals surface area contributed by atoms with Crippen LogP contribution in [0.2, 0.25) is 0 Å². The average molecular weight is 370 g/mol. The number of alkyl halides is 3. The zero-order chi connectivity index (χ0) is 19.2. The van der Waals surface area contributed by atoms with Crippen LogP contribution in [0.5, 0.6) is 5.75 Å². The van der Waals surface area contributed by atoms with E-state index < -0.39 is 12.3 Å². The molecular weight excluding hydrogens is 353 g/mol. The molecule has 2 aromatic rings. The number of hydrogen-bond acceptors (Lipinski definition) is 5. The molecule has 26 heavy (non-hydrogen) atoms. The molecule has 0 fully saturated rings. The van der Waals surface area contributed by atoms with Crippen LogP contribution >= 0.6 is 0 Å². The number of anilines is 1. The predicted octanol–water partition coefficient (Wildman–Crippen LogP) is 2.94. The van der Waals surface area contributed by atoms with Crippen LogP contribution in [-0.4, -0.2) is 40.7 Å². The second-order valence-corrected chi connectivity index (χ2v) is 5.54. The Morgan fingerprint density at radius 1 is 1.19 bits per heavy atom. The quantitative estimate of drug-likeness (QED) is 0.662. The number of halogens is 3. The molecule has 3 N–H and O–H groups in total.